The van der Waals surface area contributed by atoms with Crippen LogP contribution in [0.2, 0.25) is 0 Å². The van der Waals surface area contributed by atoms with E-state index in [-0.39, 0.29) is 41.2 Å². The maximum absolute atomic E-state index is 13.0. The number of carbonyl (C=O) groups is 2. The van der Waals surface area contributed by atoms with Crippen molar-refractivity contribution in [1.29, 1.82) is 0 Å². The van der Waals surface area contributed by atoms with Gasteiger partial charge in [0.05, 0.1) is 22.4 Å². The second kappa shape index (κ2) is 4.32. The number of anilines is 1. The van der Waals surface area contributed by atoms with E-state index >= 15 is 0 Å². The van der Waals surface area contributed by atoms with Crippen molar-refractivity contribution >= 4 is 23.2 Å². The number of non-ortho nitro benzene ring substituents is 1. The van der Waals surface area contributed by atoms with Crippen LogP contribution in [0, 0.1) is 52.5 Å². The zero-order chi connectivity index (χ0) is 16.7. The third-order valence-electron chi connectivity index (χ3n) is 6.31. The van der Waals surface area contributed by atoms with Crippen LogP contribution in [0.3, 0.4) is 0 Å². The monoisotopic (exact) mass is 324 g/mol. The van der Waals surface area contributed by atoms with Gasteiger partial charge < -0.3 is 0 Å². The summed E-state index contributed by atoms with van der Waals surface area (Å²) in [5.41, 5.74) is 0.961. The minimum atomic E-state index is -0.499. The van der Waals surface area contributed by atoms with E-state index in [1.54, 1.807) is 13.0 Å². The molecule has 4 aliphatic carbocycles. The standard InChI is InChI=1S/C18H16N2O4/c1-8-2-3-9(20(23)24)6-14(8)19-17(21)15-10-4-5-11(13-7-12(10)13)16(15)18(19)22/h2-6,10-13,15-16H,7H2,1H3/t10-,11-,12-,13+,15-,16+/m0/s1. The van der Waals surface area contributed by atoms with Crippen LogP contribution in [-0.4, -0.2) is 16.7 Å². The van der Waals surface area contributed by atoms with Crippen LogP contribution in [0.25, 0.3) is 0 Å². The molecule has 1 aliphatic heterocycles. The van der Waals surface area contributed by atoms with Gasteiger partial charge in [-0.3, -0.25) is 19.7 Å². The van der Waals surface area contributed by atoms with Gasteiger partial charge in [-0.05, 0) is 42.6 Å². The fraction of sp³-hybridized carbons (Fsp3) is 0.444. The van der Waals surface area contributed by atoms with Crippen molar-refractivity contribution in [2.45, 2.75) is 13.3 Å². The van der Waals surface area contributed by atoms with E-state index in [0.29, 0.717) is 23.1 Å². The molecule has 6 rings (SSSR count). The van der Waals surface area contributed by atoms with Gasteiger partial charge in [-0.25, -0.2) is 4.90 Å². The van der Waals surface area contributed by atoms with Gasteiger partial charge in [0.1, 0.15) is 0 Å². The Kier molecular flexibility index (Phi) is 2.50. The lowest BCUT2D eigenvalue weighted by molar-refractivity contribution is -0.384. The number of nitro benzene ring substituents is 1. The Morgan fingerprint density at radius 3 is 2.21 bits per heavy atom. The second-order valence-corrected chi connectivity index (χ2v) is 7.39. The predicted molar refractivity (Wildman–Crippen MR) is 85.0 cm³/mol. The van der Waals surface area contributed by atoms with Crippen molar-refractivity contribution < 1.29 is 14.5 Å². The second-order valence-electron chi connectivity index (χ2n) is 7.39. The Morgan fingerprint density at radius 2 is 1.67 bits per heavy atom. The Labute approximate surface area is 138 Å². The number of nitro groups is 1. The van der Waals surface area contributed by atoms with Crippen molar-refractivity contribution in [3.8, 4) is 0 Å². The smallest absolute Gasteiger partial charge is 0.271 e. The summed E-state index contributed by atoms with van der Waals surface area (Å²) in [5.74, 6) is 0.477. The van der Waals surface area contributed by atoms with E-state index in [0.717, 1.165) is 6.42 Å². The number of carbonyl (C=O) groups excluding carboxylic acids is 2. The number of allylic oxidation sites excluding steroid dienone is 2. The first-order valence-corrected chi connectivity index (χ1v) is 8.30. The number of nitrogens with zero attached hydrogens (tertiary/aromatic N) is 2. The van der Waals surface area contributed by atoms with E-state index < -0.39 is 4.92 Å². The van der Waals surface area contributed by atoms with Gasteiger partial charge in [0, 0.05) is 12.1 Å². The third kappa shape index (κ3) is 1.56. The van der Waals surface area contributed by atoms with Gasteiger partial charge in [0.15, 0.2) is 0 Å². The van der Waals surface area contributed by atoms with E-state index in [1.807, 2.05) is 0 Å². The van der Waals surface area contributed by atoms with Crippen molar-refractivity contribution in [2.24, 2.45) is 35.5 Å². The fourth-order valence-electron chi connectivity index (χ4n) is 5.15. The maximum Gasteiger partial charge on any atom is 0.271 e. The molecule has 122 valence electrons. The zero-order valence-electron chi connectivity index (χ0n) is 13.1. The molecule has 0 unspecified atom stereocenters. The first kappa shape index (κ1) is 13.9. The van der Waals surface area contributed by atoms with E-state index in [9.17, 15) is 19.7 Å². The van der Waals surface area contributed by atoms with Gasteiger partial charge >= 0.3 is 0 Å². The molecule has 6 atom stereocenters. The molecule has 2 saturated carbocycles. The van der Waals surface area contributed by atoms with E-state index in [1.165, 1.54) is 17.0 Å². The highest BCUT2D eigenvalue weighted by atomic mass is 16.6. The highest BCUT2D eigenvalue weighted by Crippen LogP contribution is 2.65. The Morgan fingerprint density at radius 1 is 1.08 bits per heavy atom. The quantitative estimate of drug-likeness (QED) is 0.362. The summed E-state index contributed by atoms with van der Waals surface area (Å²) in [6, 6.07) is 4.34. The fourth-order valence-corrected chi connectivity index (χ4v) is 5.15. The van der Waals surface area contributed by atoms with Crippen LogP contribution in [0.5, 0.6) is 0 Å². The molecule has 0 aromatic heterocycles. The first-order valence-electron chi connectivity index (χ1n) is 8.30. The molecule has 6 heteroatoms. The van der Waals surface area contributed by atoms with Crippen LogP contribution in [0.1, 0.15) is 12.0 Å². The Hall–Kier alpha value is -2.50. The molecule has 2 bridgehead atoms. The van der Waals surface area contributed by atoms with Crippen molar-refractivity contribution in [3.05, 3.63) is 46.0 Å². The van der Waals surface area contributed by atoms with Crippen LogP contribution >= 0.6 is 0 Å². The molecule has 3 fully saturated rings. The summed E-state index contributed by atoms with van der Waals surface area (Å²) in [6.07, 6.45) is 5.36. The summed E-state index contributed by atoms with van der Waals surface area (Å²) in [4.78, 5) is 37.9. The number of amides is 2. The highest BCUT2D eigenvalue weighted by Gasteiger charge is 2.67. The number of imide groups is 1. The van der Waals surface area contributed by atoms with Gasteiger partial charge in [0.25, 0.3) is 5.69 Å². The van der Waals surface area contributed by atoms with Crippen LogP contribution < -0.4 is 4.90 Å². The summed E-state index contributed by atoms with van der Waals surface area (Å²) >= 11 is 0. The maximum atomic E-state index is 13.0. The molecular weight excluding hydrogens is 308 g/mol. The van der Waals surface area contributed by atoms with Gasteiger partial charge in [0.2, 0.25) is 11.8 Å². The van der Waals surface area contributed by atoms with Gasteiger partial charge in [-0.2, -0.15) is 0 Å². The minimum Gasteiger partial charge on any atom is -0.274 e. The highest BCUT2D eigenvalue weighted by molar-refractivity contribution is 6.23. The summed E-state index contributed by atoms with van der Waals surface area (Å²) in [7, 11) is 0. The average Bonchev–Trinajstić information content (AvgIpc) is 3.33. The van der Waals surface area contributed by atoms with Gasteiger partial charge in [-0.15, -0.1) is 0 Å². The van der Waals surface area contributed by atoms with E-state index in [4.69, 9.17) is 0 Å². The number of hydrogen-bond acceptors (Lipinski definition) is 4. The molecule has 0 spiro atoms. The SMILES string of the molecule is Cc1ccc([N+](=O)[O-])cc1N1C(=O)[C@@H]2[C@H]3C=C[C@@H]([C@@H]4C[C@H]34)[C@@H]2C1=O. The molecule has 1 aromatic rings. The molecule has 2 amide bonds. The molecule has 1 heterocycles. The Balaban J connectivity index is 1.60. The first-order chi connectivity index (χ1) is 11.5. The van der Waals surface area contributed by atoms with Crippen LogP contribution in [0.4, 0.5) is 11.4 Å². The summed E-state index contributed by atoms with van der Waals surface area (Å²) in [5, 5.41) is 11.1. The molecule has 6 nitrogen and oxygen atoms in total. The lowest BCUT2D eigenvalue weighted by Crippen LogP contribution is -2.40. The Bertz CT molecular complexity index is 809. The molecule has 24 heavy (non-hydrogen) atoms. The molecule has 5 aliphatic rings. The summed E-state index contributed by atoms with van der Waals surface area (Å²) < 4.78 is 0. The minimum absolute atomic E-state index is 0.102. The molecule has 1 saturated heterocycles. The number of aryl methyl sites for hydroxylation is 1. The molecular formula is C18H16N2O4. The number of hydrogen-bond donors (Lipinski definition) is 0. The van der Waals surface area contributed by atoms with E-state index in [2.05, 4.69) is 12.2 Å². The van der Waals surface area contributed by atoms with Crippen LogP contribution in [0.15, 0.2) is 30.4 Å². The van der Waals surface area contributed by atoms with Crippen molar-refractivity contribution in [1.82, 2.24) is 0 Å². The number of benzene rings is 1. The zero-order valence-corrected chi connectivity index (χ0v) is 13.1. The average molecular weight is 324 g/mol. The largest absolute Gasteiger partial charge is 0.274 e. The van der Waals surface area contributed by atoms with Gasteiger partial charge in [-0.1, -0.05) is 18.2 Å². The number of rotatable bonds is 2. The normalized spacial score (nSPS) is 38.3. The summed E-state index contributed by atoms with van der Waals surface area (Å²) in [6.45, 7) is 1.77. The third-order valence-corrected chi connectivity index (χ3v) is 6.31. The predicted octanol–water partition coefficient (Wildman–Crippen LogP) is 2.46. The van der Waals surface area contributed by atoms with Crippen LogP contribution in [-0.2, 0) is 9.59 Å². The lowest BCUT2D eigenvalue weighted by Gasteiger charge is -2.37. The lowest BCUT2D eigenvalue weighted by atomic mass is 9.63. The topological polar surface area (TPSA) is 80.5 Å². The molecule has 1 aromatic carbocycles. The molecule has 0 N–H and O–H groups in total. The molecule has 0 radical (unpaired) electrons. The van der Waals surface area contributed by atoms with Crippen molar-refractivity contribution in [2.75, 3.05) is 4.90 Å². The van der Waals surface area contributed by atoms with Crippen molar-refractivity contribution in [3.63, 3.8) is 0 Å².